The molecule has 2 N–H and O–H groups in total. The van der Waals surface area contributed by atoms with E-state index in [1.54, 1.807) is 0 Å². The Morgan fingerprint density at radius 1 is 1.10 bits per heavy atom. The van der Waals surface area contributed by atoms with Gasteiger partial charge in [0.1, 0.15) is 23.3 Å². The summed E-state index contributed by atoms with van der Waals surface area (Å²) in [4.78, 5) is 8.80. The first-order valence-electron chi connectivity index (χ1n) is 7.03. The Kier molecular flexibility index (Phi) is 4.73. The quantitative estimate of drug-likeness (QED) is 0.886. The maximum Gasteiger partial charge on any atom is 0.134 e. The number of aromatic nitrogens is 2. The van der Waals surface area contributed by atoms with Gasteiger partial charge in [-0.2, -0.15) is 0 Å². The number of halogens is 1. The van der Waals surface area contributed by atoms with E-state index >= 15 is 0 Å². The molecule has 1 heterocycles. The molecule has 0 radical (unpaired) electrons. The van der Waals surface area contributed by atoms with Gasteiger partial charge in [-0.15, -0.1) is 0 Å². The molecule has 2 rings (SSSR count). The Morgan fingerprint density at radius 2 is 1.71 bits per heavy atom. The summed E-state index contributed by atoms with van der Waals surface area (Å²) in [6.07, 6.45) is 0.803. The van der Waals surface area contributed by atoms with Gasteiger partial charge in [0.25, 0.3) is 0 Å². The summed E-state index contributed by atoms with van der Waals surface area (Å²) in [6.45, 7) is 5.94. The van der Waals surface area contributed by atoms with E-state index in [1.165, 1.54) is 12.1 Å². The van der Waals surface area contributed by atoms with Crippen molar-refractivity contribution in [3.05, 3.63) is 47.0 Å². The summed E-state index contributed by atoms with van der Waals surface area (Å²) in [7, 11) is 1.85. The lowest BCUT2D eigenvalue weighted by molar-refractivity contribution is 0.626. The third-order valence-corrected chi connectivity index (χ3v) is 3.33. The van der Waals surface area contributed by atoms with Gasteiger partial charge >= 0.3 is 0 Å². The predicted octanol–water partition coefficient (Wildman–Crippen LogP) is 3.32. The van der Waals surface area contributed by atoms with Gasteiger partial charge in [-0.25, -0.2) is 14.4 Å². The average Bonchev–Trinajstić information content (AvgIpc) is 2.45. The maximum atomic E-state index is 12.9. The van der Waals surface area contributed by atoms with Gasteiger partial charge in [-0.1, -0.05) is 12.1 Å². The number of aryl methyl sites for hydroxylation is 1. The second kappa shape index (κ2) is 6.52. The van der Waals surface area contributed by atoms with Crippen molar-refractivity contribution in [3.63, 3.8) is 0 Å². The zero-order valence-electron chi connectivity index (χ0n) is 12.9. The highest BCUT2D eigenvalue weighted by Gasteiger charge is 2.11. The van der Waals surface area contributed by atoms with Gasteiger partial charge in [0.15, 0.2) is 0 Å². The third kappa shape index (κ3) is 3.90. The van der Waals surface area contributed by atoms with Crippen LogP contribution in [-0.4, -0.2) is 23.1 Å². The molecule has 0 fully saturated rings. The number of benzene rings is 1. The fourth-order valence-corrected chi connectivity index (χ4v) is 2.27. The minimum absolute atomic E-state index is 0.188. The van der Waals surface area contributed by atoms with Crippen molar-refractivity contribution in [2.75, 3.05) is 17.7 Å². The third-order valence-electron chi connectivity index (χ3n) is 3.33. The molecule has 0 saturated heterocycles. The van der Waals surface area contributed by atoms with Gasteiger partial charge < -0.3 is 10.6 Å². The Labute approximate surface area is 124 Å². The normalized spacial score (nSPS) is 12.0. The van der Waals surface area contributed by atoms with E-state index in [9.17, 15) is 4.39 Å². The maximum absolute atomic E-state index is 12.9. The molecule has 2 aromatic rings. The molecule has 1 aromatic carbocycles. The Morgan fingerprint density at radius 3 is 2.33 bits per heavy atom. The summed E-state index contributed by atoms with van der Waals surface area (Å²) < 4.78 is 12.9. The van der Waals surface area contributed by atoms with Crippen LogP contribution in [0.2, 0.25) is 0 Å². The Bertz CT molecular complexity index is 610. The van der Waals surface area contributed by atoms with Crippen LogP contribution in [0.15, 0.2) is 24.3 Å². The molecule has 0 amide bonds. The number of anilines is 2. The van der Waals surface area contributed by atoms with Crippen LogP contribution in [0, 0.1) is 19.7 Å². The Hall–Kier alpha value is -2.17. The van der Waals surface area contributed by atoms with E-state index in [2.05, 4.69) is 27.5 Å². The Balaban J connectivity index is 2.10. The molecule has 0 saturated carbocycles. The van der Waals surface area contributed by atoms with Gasteiger partial charge in [0.05, 0.1) is 0 Å². The first-order chi connectivity index (χ1) is 9.99. The van der Waals surface area contributed by atoms with E-state index in [-0.39, 0.29) is 11.9 Å². The molecule has 4 nitrogen and oxygen atoms in total. The molecule has 112 valence electrons. The van der Waals surface area contributed by atoms with Crippen LogP contribution in [0.25, 0.3) is 0 Å². The van der Waals surface area contributed by atoms with Crippen molar-refractivity contribution in [1.29, 1.82) is 0 Å². The number of rotatable bonds is 5. The van der Waals surface area contributed by atoms with Crippen LogP contribution in [0.4, 0.5) is 16.0 Å². The lowest BCUT2D eigenvalue weighted by atomic mass is 10.1. The minimum atomic E-state index is -0.208. The highest BCUT2D eigenvalue weighted by atomic mass is 19.1. The van der Waals surface area contributed by atoms with Gasteiger partial charge in [-0.05, 0) is 44.9 Å². The zero-order valence-corrected chi connectivity index (χ0v) is 12.9. The average molecular weight is 288 g/mol. The van der Waals surface area contributed by atoms with E-state index < -0.39 is 0 Å². The molecule has 1 aromatic heterocycles. The standard InChI is InChI=1S/C16H21FN4/c1-10(9-13-5-7-14(17)8-6-13)19-16-11(2)15(18-4)20-12(3)21-16/h5-8,10H,9H2,1-4H3,(H2,18,19,20,21). The molecular formula is C16H21FN4. The summed E-state index contributed by atoms with van der Waals surface area (Å²) >= 11 is 0. The molecule has 5 heteroatoms. The summed E-state index contributed by atoms with van der Waals surface area (Å²) in [5.41, 5.74) is 2.09. The fraction of sp³-hybridized carbons (Fsp3) is 0.375. The van der Waals surface area contributed by atoms with Crippen molar-refractivity contribution in [1.82, 2.24) is 9.97 Å². The van der Waals surface area contributed by atoms with E-state index in [4.69, 9.17) is 0 Å². The monoisotopic (exact) mass is 288 g/mol. The summed E-state index contributed by atoms with van der Waals surface area (Å²) in [5, 5.41) is 6.48. The van der Waals surface area contributed by atoms with Crippen LogP contribution < -0.4 is 10.6 Å². The fourth-order valence-electron chi connectivity index (χ4n) is 2.27. The first-order valence-corrected chi connectivity index (χ1v) is 7.03. The van der Waals surface area contributed by atoms with Crippen molar-refractivity contribution in [2.45, 2.75) is 33.2 Å². The molecule has 0 aliphatic heterocycles. The second-order valence-corrected chi connectivity index (χ2v) is 5.22. The van der Waals surface area contributed by atoms with Crippen molar-refractivity contribution in [3.8, 4) is 0 Å². The number of hydrogen-bond donors (Lipinski definition) is 2. The molecule has 21 heavy (non-hydrogen) atoms. The van der Waals surface area contributed by atoms with Crippen LogP contribution >= 0.6 is 0 Å². The topological polar surface area (TPSA) is 49.8 Å². The van der Waals surface area contributed by atoms with Gasteiger partial charge in [-0.3, -0.25) is 0 Å². The van der Waals surface area contributed by atoms with Crippen molar-refractivity contribution in [2.24, 2.45) is 0 Å². The van der Waals surface area contributed by atoms with Crippen LogP contribution in [0.3, 0.4) is 0 Å². The smallest absolute Gasteiger partial charge is 0.134 e. The van der Waals surface area contributed by atoms with Crippen LogP contribution in [-0.2, 0) is 6.42 Å². The molecule has 1 atom stereocenters. The predicted molar refractivity (Wildman–Crippen MR) is 84.2 cm³/mol. The molecule has 0 aliphatic rings. The molecular weight excluding hydrogens is 267 g/mol. The number of hydrogen-bond acceptors (Lipinski definition) is 4. The zero-order chi connectivity index (χ0) is 15.4. The summed E-state index contributed by atoms with van der Waals surface area (Å²) in [6, 6.07) is 6.78. The van der Waals surface area contributed by atoms with E-state index in [0.29, 0.717) is 0 Å². The van der Waals surface area contributed by atoms with E-state index in [0.717, 1.165) is 35.0 Å². The molecule has 0 bridgehead atoms. The van der Waals surface area contributed by atoms with Crippen LogP contribution in [0.1, 0.15) is 23.9 Å². The van der Waals surface area contributed by atoms with Crippen molar-refractivity contribution < 1.29 is 4.39 Å². The largest absolute Gasteiger partial charge is 0.373 e. The number of nitrogens with one attached hydrogen (secondary N) is 2. The first kappa shape index (κ1) is 15.2. The minimum Gasteiger partial charge on any atom is -0.373 e. The second-order valence-electron chi connectivity index (χ2n) is 5.22. The lowest BCUT2D eigenvalue weighted by Gasteiger charge is -2.18. The molecule has 1 unspecified atom stereocenters. The van der Waals surface area contributed by atoms with Gasteiger partial charge in [0, 0.05) is 18.7 Å². The van der Waals surface area contributed by atoms with Crippen molar-refractivity contribution >= 4 is 11.6 Å². The lowest BCUT2D eigenvalue weighted by Crippen LogP contribution is -2.20. The van der Waals surface area contributed by atoms with E-state index in [1.807, 2.05) is 33.0 Å². The van der Waals surface area contributed by atoms with Crippen LogP contribution in [0.5, 0.6) is 0 Å². The highest BCUT2D eigenvalue weighted by molar-refractivity contribution is 5.57. The number of nitrogens with zero attached hydrogens (tertiary/aromatic N) is 2. The highest BCUT2D eigenvalue weighted by Crippen LogP contribution is 2.20. The molecule has 0 spiro atoms. The van der Waals surface area contributed by atoms with Gasteiger partial charge in [0.2, 0.25) is 0 Å². The summed E-state index contributed by atoms with van der Waals surface area (Å²) in [5.74, 6) is 2.18. The molecule has 0 aliphatic carbocycles. The SMILES string of the molecule is CNc1nc(C)nc(NC(C)Cc2ccc(F)cc2)c1C.